The van der Waals surface area contributed by atoms with E-state index in [2.05, 4.69) is 30.1 Å². The average molecular weight is 297 g/mol. The Balaban J connectivity index is 1.70. The fraction of sp³-hybridized carbons (Fsp3) is 0.400. The predicted octanol–water partition coefficient (Wildman–Crippen LogP) is 1.29. The van der Waals surface area contributed by atoms with Gasteiger partial charge in [0.2, 0.25) is 0 Å². The van der Waals surface area contributed by atoms with Crippen LogP contribution in [0.2, 0.25) is 0 Å². The van der Waals surface area contributed by atoms with Crippen LogP contribution in [0.3, 0.4) is 0 Å². The molecule has 7 nitrogen and oxygen atoms in total. The molecule has 0 bridgehead atoms. The second-order valence-corrected chi connectivity index (χ2v) is 5.68. The zero-order valence-corrected chi connectivity index (χ0v) is 12.5. The van der Waals surface area contributed by atoms with E-state index in [4.69, 9.17) is 0 Å². The van der Waals surface area contributed by atoms with Gasteiger partial charge < -0.3 is 10.6 Å². The van der Waals surface area contributed by atoms with Gasteiger partial charge in [0.1, 0.15) is 0 Å². The molecule has 0 aromatic carbocycles. The van der Waals surface area contributed by atoms with Gasteiger partial charge in [0.25, 0.3) is 0 Å². The number of fused-ring (bicyclic) bond motifs is 1. The topological polar surface area (TPSA) is 72.1 Å². The predicted molar refractivity (Wildman–Crippen MR) is 84.7 cm³/mol. The molecule has 0 atom stereocenters. The van der Waals surface area contributed by atoms with E-state index in [0.29, 0.717) is 6.04 Å². The molecule has 1 fully saturated rings. The van der Waals surface area contributed by atoms with E-state index >= 15 is 0 Å². The van der Waals surface area contributed by atoms with Crippen molar-refractivity contribution >= 4 is 11.5 Å². The summed E-state index contributed by atoms with van der Waals surface area (Å²) in [6.45, 7) is 2.10. The fourth-order valence-corrected chi connectivity index (χ4v) is 2.95. The minimum absolute atomic E-state index is 0.457. The lowest BCUT2D eigenvalue weighted by atomic mass is 10.1. The highest BCUT2D eigenvalue weighted by Gasteiger charge is 2.16. The van der Waals surface area contributed by atoms with Crippen molar-refractivity contribution in [3.05, 3.63) is 31.0 Å². The Kier molecular flexibility index (Phi) is 3.27. The number of nitrogens with zero attached hydrogens (tertiary/aromatic N) is 5. The molecule has 1 aliphatic heterocycles. The maximum Gasteiger partial charge on any atom is 0.180 e. The van der Waals surface area contributed by atoms with Crippen molar-refractivity contribution in [3.8, 4) is 11.3 Å². The summed E-state index contributed by atoms with van der Waals surface area (Å²) in [4.78, 5) is 9.03. The van der Waals surface area contributed by atoms with Crippen molar-refractivity contribution in [1.29, 1.82) is 0 Å². The summed E-state index contributed by atoms with van der Waals surface area (Å²) in [5.74, 6) is 0.851. The van der Waals surface area contributed by atoms with Crippen molar-refractivity contribution < 1.29 is 0 Å². The largest absolute Gasteiger partial charge is 0.364 e. The van der Waals surface area contributed by atoms with Crippen LogP contribution in [0.4, 0.5) is 5.82 Å². The zero-order chi connectivity index (χ0) is 14.9. The Morgan fingerprint density at radius 2 is 2.09 bits per heavy atom. The van der Waals surface area contributed by atoms with Gasteiger partial charge in [-0.25, -0.2) is 9.97 Å². The van der Waals surface area contributed by atoms with Crippen LogP contribution in [-0.4, -0.2) is 43.3 Å². The van der Waals surface area contributed by atoms with Gasteiger partial charge in [-0.1, -0.05) is 0 Å². The molecular weight excluding hydrogens is 278 g/mol. The molecule has 0 unspecified atom stereocenters. The van der Waals surface area contributed by atoms with Gasteiger partial charge in [0, 0.05) is 37.2 Å². The van der Waals surface area contributed by atoms with Crippen molar-refractivity contribution in [2.75, 3.05) is 18.4 Å². The molecule has 114 valence electrons. The number of nitrogens with one attached hydrogen (secondary N) is 2. The third kappa shape index (κ3) is 2.33. The smallest absolute Gasteiger partial charge is 0.180 e. The standard InChI is InChI=1S/C15H19N7/c1-21-10-11(8-19-21)13-9-18-15-14(17-6-7-22(13)15)20-12-2-4-16-5-3-12/h6-10,12,16H,2-5H2,1H3,(H,17,20). The van der Waals surface area contributed by atoms with Gasteiger partial charge in [0.05, 0.1) is 18.1 Å². The summed E-state index contributed by atoms with van der Waals surface area (Å²) in [7, 11) is 1.92. The van der Waals surface area contributed by atoms with E-state index < -0.39 is 0 Å². The van der Waals surface area contributed by atoms with Crippen LogP contribution >= 0.6 is 0 Å². The van der Waals surface area contributed by atoms with Crippen LogP contribution in [0.25, 0.3) is 16.9 Å². The third-order valence-corrected chi connectivity index (χ3v) is 4.11. The maximum absolute atomic E-state index is 4.56. The lowest BCUT2D eigenvalue weighted by molar-refractivity contribution is 0.478. The van der Waals surface area contributed by atoms with E-state index in [1.54, 1.807) is 4.68 Å². The Labute approximate surface area is 128 Å². The van der Waals surface area contributed by atoms with Crippen molar-refractivity contribution in [2.24, 2.45) is 7.05 Å². The highest BCUT2D eigenvalue weighted by Crippen LogP contribution is 2.23. The Morgan fingerprint density at radius 3 is 2.86 bits per heavy atom. The highest BCUT2D eigenvalue weighted by molar-refractivity contribution is 5.70. The SMILES string of the molecule is Cn1cc(-c2cnc3c(NC4CCNCC4)nccn23)cn1. The van der Waals surface area contributed by atoms with Gasteiger partial charge in [-0.2, -0.15) is 5.10 Å². The molecule has 0 radical (unpaired) electrons. The highest BCUT2D eigenvalue weighted by atomic mass is 15.2. The summed E-state index contributed by atoms with van der Waals surface area (Å²) in [6.07, 6.45) is 11.7. The minimum Gasteiger partial charge on any atom is -0.364 e. The molecule has 2 N–H and O–H groups in total. The lowest BCUT2D eigenvalue weighted by Crippen LogP contribution is -2.35. The van der Waals surface area contributed by atoms with E-state index in [1.165, 1.54) is 0 Å². The molecule has 3 aromatic heterocycles. The average Bonchev–Trinajstić information content (AvgIpc) is 3.15. The van der Waals surface area contributed by atoms with E-state index in [9.17, 15) is 0 Å². The van der Waals surface area contributed by atoms with Gasteiger partial charge in [-0.15, -0.1) is 0 Å². The second kappa shape index (κ2) is 5.42. The molecule has 0 saturated carbocycles. The molecule has 0 aliphatic carbocycles. The Morgan fingerprint density at radius 1 is 1.23 bits per heavy atom. The van der Waals surface area contributed by atoms with Crippen molar-refractivity contribution in [3.63, 3.8) is 0 Å². The number of aryl methyl sites for hydroxylation is 1. The molecule has 7 heteroatoms. The second-order valence-electron chi connectivity index (χ2n) is 5.68. The summed E-state index contributed by atoms with van der Waals surface area (Å²) < 4.78 is 3.86. The van der Waals surface area contributed by atoms with E-state index in [1.807, 2.05) is 38.0 Å². The number of rotatable bonds is 3. The molecule has 4 heterocycles. The van der Waals surface area contributed by atoms with Gasteiger partial charge >= 0.3 is 0 Å². The first-order valence-electron chi connectivity index (χ1n) is 7.59. The molecule has 3 aromatic rings. The van der Waals surface area contributed by atoms with Crippen LogP contribution in [0.1, 0.15) is 12.8 Å². The Hall–Kier alpha value is -2.41. The van der Waals surface area contributed by atoms with Gasteiger partial charge in [-0.05, 0) is 25.9 Å². The number of anilines is 1. The summed E-state index contributed by atoms with van der Waals surface area (Å²) in [5.41, 5.74) is 2.94. The first-order valence-corrected chi connectivity index (χ1v) is 7.59. The first kappa shape index (κ1) is 13.3. The summed E-state index contributed by atoms with van der Waals surface area (Å²) >= 11 is 0. The van der Waals surface area contributed by atoms with Crippen LogP contribution in [0.5, 0.6) is 0 Å². The van der Waals surface area contributed by atoms with Gasteiger partial charge in [-0.3, -0.25) is 9.08 Å². The minimum atomic E-state index is 0.457. The normalized spacial score (nSPS) is 16.2. The van der Waals surface area contributed by atoms with E-state index in [-0.39, 0.29) is 0 Å². The quantitative estimate of drug-likeness (QED) is 0.762. The number of piperidine rings is 1. The summed E-state index contributed by atoms with van der Waals surface area (Å²) in [5, 5.41) is 11.1. The van der Waals surface area contributed by atoms with Crippen LogP contribution < -0.4 is 10.6 Å². The van der Waals surface area contributed by atoms with Crippen molar-refractivity contribution in [2.45, 2.75) is 18.9 Å². The first-order chi connectivity index (χ1) is 10.8. The molecule has 1 saturated heterocycles. The fourth-order valence-electron chi connectivity index (χ4n) is 2.95. The molecule has 0 amide bonds. The van der Waals surface area contributed by atoms with Gasteiger partial charge in [0.15, 0.2) is 11.5 Å². The van der Waals surface area contributed by atoms with Crippen LogP contribution in [-0.2, 0) is 7.05 Å². The zero-order valence-electron chi connectivity index (χ0n) is 12.5. The number of hydrogen-bond acceptors (Lipinski definition) is 5. The molecular formula is C15H19N7. The number of aromatic nitrogens is 5. The third-order valence-electron chi connectivity index (χ3n) is 4.11. The molecule has 22 heavy (non-hydrogen) atoms. The number of imidazole rings is 1. The molecule has 1 aliphatic rings. The maximum atomic E-state index is 4.56. The van der Waals surface area contributed by atoms with Crippen LogP contribution in [0.15, 0.2) is 31.0 Å². The Bertz CT molecular complexity index is 782. The summed E-state index contributed by atoms with van der Waals surface area (Å²) in [6, 6.07) is 0.457. The molecule has 0 spiro atoms. The van der Waals surface area contributed by atoms with Crippen molar-refractivity contribution in [1.82, 2.24) is 29.5 Å². The number of hydrogen-bond donors (Lipinski definition) is 2. The molecule has 4 rings (SSSR count). The lowest BCUT2D eigenvalue weighted by Gasteiger charge is -2.24. The van der Waals surface area contributed by atoms with Crippen LogP contribution in [0, 0.1) is 0 Å². The van der Waals surface area contributed by atoms with E-state index in [0.717, 1.165) is 48.7 Å². The monoisotopic (exact) mass is 297 g/mol.